The van der Waals surface area contributed by atoms with Crippen LogP contribution < -0.4 is 0 Å². The van der Waals surface area contributed by atoms with Gasteiger partial charge in [0.1, 0.15) is 6.10 Å². The van der Waals surface area contributed by atoms with Gasteiger partial charge in [-0.1, -0.05) is 58.3 Å². The van der Waals surface area contributed by atoms with Crippen LogP contribution in [0.1, 0.15) is 90.4 Å². The number of hydrogen-bond acceptors (Lipinski definition) is 3. The zero-order valence-corrected chi connectivity index (χ0v) is 14.6. The summed E-state index contributed by atoms with van der Waals surface area (Å²) in [6.45, 7) is 2.16. The van der Waals surface area contributed by atoms with Crippen LogP contribution in [0.15, 0.2) is 0 Å². The molecular formula is C19H33NO3. The molecule has 1 N–H and O–H groups in total. The predicted octanol–water partition coefficient (Wildman–Crippen LogP) is 4.32. The third-order valence-corrected chi connectivity index (χ3v) is 6.15. The van der Waals surface area contributed by atoms with Crippen molar-refractivity contribution in [2.75, 3.05) is 0 Å². The lowest BCUT2D eigenvalue weighted by molar-refractivity contribution is -0.157. The molecule has 3 aliphatic rings. The molecule has 2 aliphatic carbocycles. The van der Waals surface area contributed by atoms with E-state index in [1.165, 1.54) is 38.5 Å². The summed E-state index contributed by atoms with van der Waals surface area (Å²) in [6.07, 6.45) is 15.1. The minimum absolute atomic E-state index is 0.0937. The second kappa shape index (κ2) is 7.52. The summed E-state index contributed by atoms with van der Waals surface area (Å²) in [6, 6.07) is 0.823. The van der Waals surface area contributed by atoms with Crippen LogP contribution in [0, 0.1) is 0 Å². The second-order valence-electron chi connectivity index (χ2n) is 7.74. The molecule has 132 valence electrons. The van der Waals surface area contributed by atoms with E-state index in [-0.39, 0.29) is 6.10 Å². The number of epoxide rings is 1. The quantitative estimate of drug-likeness (QED) is 0.709. The lowest BCUT2D eigenvalue weighted by Gasteiger charge is -2.43. The minimum atomic E-state index is -1.00. The highest BCUT2D eigenvalue weighted by Gasteiger charge is 2.68. The monoisotopic (exact) mass is 323 g/mol. The number of unbranched alkanes of at least 4 members (excludes halogenated alkanes) is 1. The first-order chi connectivity index (χ1) is 11.2. The van der Waals surface area contributed by atoms with Gasteiger partial charge in [-0.3, -0.25) is 4.90 Å². The van der Waals surface area contributed by atoms with E-state index in [2.05, 4.69) is 11.8 Å². The fourth-order valence-corrected chi connectivity index (χ4v) is 4.91. The topological polar surface area (TPSA) is 53.1 Å². The average Bonchev–Trinajstić information content (AvgIpc) is 3.30. The standard InChI is InChI=1S/C19H33NO3/c1-2-3-14-17-19(23-17,18(21)22)20(15-10-6-4-7-11-15)16-12-8-5-9-13-16/h15-17H,2-14H2,1H3,(H,21,22)/t17?,19-/m1/s1. The van der Waals surface area contributed by atoms with E-state index in [0.717, 1.165) is 44.9 Å². The van der Waals surface area contributed by atoms with E-state index >= 15 is 0 Å². The average molecular weight is 323 g/mol. The Balaban J connectivity index is 1.81. The molecule has 0 aromatic rings. The van der Waals surface area contributed by atoms with Gasteiger partial charge in [0.25, 0.3) is 0 Å². The van der Waals surface area contributed by atoms with Crippen molar-refractivity contribution in [2.45, 2.75) is 114 Å². The molecule has 2 saturated carbocycles. The number of ether oxygens (including phenoxy) is 1. The van der Waals surface area contributed by atoms with Crippen LogP contribution in [-0.2, 0) is 9.53 Å². The van der Waals surface area contributed by atoms with Crippen LogP contribution in [0.3, 0.4) is 0 Å². The molecule has 4 nitrogen and oxygen atoms in total. The molecular weight excluding hydrogens is 290 g/mol. The van der Waals surface area contributed by atoms with E-state index in [0.29, 0.717) is 12.1 Å². The summed E-state index contributed by atoms with van der Waals surface area (Å²) in [4.78, 5) is 14.6. The maximum Gasteiger partial charge on any atom is 0.354 e. The van der Waals surface area contributed by atoms with Crippen molar-refractivity contribution in [3.63, 3.8) is 0 Å². The lowest BCUT2D eigenvalue weighted by atomic mass is 9.86. The summed E-state index contributed by atoms with van der Waals surface area (Å²) in [7, 11) is 0. The molecule has 0 amide bonds. The number of carboxylic acids is 1. The van der Waals surface area contributed by atoms with E-state index in [1.807, 2.05) is 0 Å². The summed E-state index contributed by atoms with van der Waals surface area (Å²) < 4.78 is 5.96. The minimum Gasteiger partial charge on any atom is -0.478 e. The Hall–Kier alpha value is -0.610. The normalized spacial score (nSPS) is 33.0. The molecule has 0 aromatic heterocycles. The molecule has 1 saturated heterocycles. The van der Waals surface area contributed by atoms with Gasteiger partial charge in [0.2, 0.25) is 5.72 Å². The first-order valence-electron chi connectivity index (χ1n) is 9.89. The zero-order valence-electron chi connectivity index (χ0n) is 14.6. The van der Waals surface area contributed by atoms with Crippen LogP contribution in [0.25, 0.3) is 0 Å². The van der Waals surface area contributed by atoms with Gasteiger partial charge < -0.3 is 9.84 Å². The SMILES string of the molecule is CCCCC1O[C@]1(C(=O)O)N(C1CCCCC1)C1CCCCC1. The molecule has 0 spiro atoms. The molecule has 0 bridgehead atoms. The van der Waals surface area contributed by atoms with E-state index in [9.17, 15) is 9.90 Å². The largest absolute Gasteiger partial charge is 0.478 e. The fourth-order valence-electron chi connectivity index (χ4n) is 4.91. The van der Waals surface area contributed by atoms with Crippen LogP contribution >= 0.6 is 0 Å². The molecule has 2 atom stereocenters. The third-order valence-electron chi connectivity index (χ3n) is 6.15. The smallest absolute Gasteiger partial charge is 0.354 e. The van der Waals surface area contributed by atoms with Gasteiger partial charge in [-0.25, -0.2) is 4.79 Å². The number of aliphatic carboxylic acids is 1. The van der Waals surface area contributed by atoms with Gasteiger partial charge in [-0.05, 0) is 32.1 Å². The molecule has 0 radical (unpaired) electrons. The summed E-state index contributed by atoms with van der Waals surface area (Å²) in [5.41, 5.74) is -1.00. The van der Waals surface area contributed by atoms with Crippen molar-refractivity contribution in [2.24, 2.45) is 0 Å². The molecule has 1 aliphatic heterocycles. The number of hydrogen-bond donors (Lipinski definition) is 1. The van der Waals surface area contributed by atoms with Crippen molar-refractivity contribution < 1.29 is 14.6 Å². The lowest BCUT2D eigenvalue weighted by Crippen LogP contribution is -2.57. The Bertz CT molecular complexity index is 383. The fraction of sp³-hybridized carbons (Fsp3) is 0.947. The van der Waals surface area contributed by atoms with Crippen LogP contribution in [0.2, 0.25) is 0 Å². The first-order valence-corrected chi connectivity index (χ1v) is 9.89. The molecule has 23 heavy (non-hydrogen) atoms. The molecule has 1 unspecified atom stereocenters. The Morgan fingerprint density at radius 1 is 1.04 bits per heavy atom. The Morgan fingerprint density at radius 3 is 2.00 bits per heavy atom. The van der Waals surface area contributed by atoms with E-state index in [1.54, 1.807) is 0 Å². The Morgan fingerprint density at radius 2 is 1.57 bits per heavy atom. The number of carbonyl (C=O) groups is 1. The zero-order chi connectivity index (χ0) is 16.3. The van der Waals surface area contributed by atoms with Gasteiger partial charge in [-0.15, -0.1) is 0 Å². The predicted molar refractivity (Wildman–Crippen MR) is 90.3 cm³/mol. The third kappa shape index (κ3) is 3.43. The maximum atomic E-state index is 12.2. The molecule has 0 aromatic carbocycles. The number of rotatable bonds is 7. The summed E-state index contributed by atoms with van der Waals surface area (Å²) >= 11 is 0. The number of carboxylic acid groups (broad SMARTS) is 1. The van der Waals surface area contributed by atoms with Crippen LogP contribution in [0.5, 0.6) is 0 Å². The van der Waals surface area contributed by atoms with Gasteiger partial charge in [-0.2, -0.15) is 0 Å². The summed E-state index contributed by atoms with van der Waals surface area (Å²) in [5.74, 6) is -0.741. The van der Waals surface area contributed by atoms with Crippen molar-refractivity contribution in [1.29, 1.82) is 0 Å². The Labute approximate surface area is 140 Å². The highest BCUT2D eigenvalue weighted by Crippen LogP contribution is 2.49. The summed E-state index contributed by atoms with van der Waals surface area (Å²) in [5, 5.41) is 10.0. The van der Waals surface area contributed by atoms with Gasteiger partial charge in [0, 0.05) is 12.1 Å². The van der Waals surface area contributed by atoms with Gasteiger partial charge in [0.15, 0.2) is 0 Å². The second-order valence-corrected chi connectivity index (χ2v) is 7.74. The maximum absolute atomic E-state index is 12.2. The van der Waals surface area contributed by atoms with Crippen molar-refractivity contribution in [3.8, 4) is 0 Å². The van der Waals surface area contributed by atoms with Crippen molar-refractivity contribution in [1.82, 2.24) is 4.90 Å². The first kappa shape index (κ1) is 17.2. The highest BCUT2D eigenvalue weighted by molar-refractivity contribution is 5.81. The van der Waals surface area contributed by atoms with Gasteiger partial charge >= 0.3 is 5.97 Å². The molecule has 1 heterocycles. The van der Waals surface area contributed by atoms with Crippen molar-refractivity contribution >= 4 is 5.97 Å². The molecule has 4 heteroatoms. The number of nitrogens with zero attached hydrogens (tertiary/aromatic N) is 1. The van der Waals surface area contributed by atoms with Crippen LogP contribution in [-0.4, -0.2) is 39.9 Å². The molecule has 3 rings (SSSR count). The Kier molecular flexibility index (Phi) is 5.63. The van der Waals surface area contributed by atoms with Crippen LogP contribution in [0.4, 0.5) is 0 Å². The highest BCUT2D eigenvalue weighted by atomic mass is 16.7. The van der Waals surface area contributed by atoms with E-state index < -0.39 is 11.7 Å². The van der Waals surface area contributed by atoms with Crippen molar-refractivity contribution in [3.05, 3.63) is 0 Å². The van der Waals surface area contributed by atoms with E-state index in [4.69, 9.17) is 4.74 Å². The van der Waals surface area contributed by atoms with Gasteiger partial charge in [0.05, 0.1) is 0 Å². The molecule has 3 fully saturated rings.